The summed E-state index contributed by atoms with van der Waals surface area (Å²) in [5.74, 6) is -0.364. The van der Waals surface area contributed by atoms with Gasteiger partial charge in [-0.2, -0.15) is 0 Å². The third kappa shape index (κ3) is 12.5. The molecule has 5 N–H and O–H groups in total. The number of para-hydroxylation sites is 1. The number of methoxy groups -OCH3 is 2. The minimum absolute atomic E-state index is 0.0649. The molecule has 4 rings (SSSR count). The Hall–Kier alpha value is -5.63. The molecular formula is C40H53N5O9. The van der Waals surface area contributed by atoms with Crippen LogP contribution in [-0.2, 0) is 43.5 Å². The van der Waals surface area contributed by atoms with Gasteiger partial charge in [0.1, 0.15) is 18.7 Å². The van der Waals surface area contributed by atoms with E-state index in [1.165, 1.54) is 25.5 Å². The number of benzene rings is 3. The highest BCUT2D eigenvalue weighted by atomic mass is 16.5. The van der Waals surface area contributed by atoms with Crippen molar-refractivity contribution in [1.82, 2.24) is 10.6 Å². The molecule has 14 nitrogen and oxygen atoms in total. The van der Waals surface area contributed by atoms with Gasteiger partial charge in [-0.1, -0.05) is 38.0 Å². The van der Waals surface area contributed by atoms with Gasteiger partial charge >= 0.3 is 0 Å². The first-order valence-corrected chi connectivity index (χ1v) is 17.9. The van der Waals surface area contributed by atoms with Gasteiger partial charge in [-0.25, -0.2) is 0 Å². The van der Waals surface area contributed by atoms with E-state index in [-0.39, 0.29) is 25.2 Å². The lowest BCUT2D eigenvalue weighted by Gasteiger charge is -2.24. The molecule has 3 amide bonds. The molecule has 3 aromatic carbocycles. The number of nitrogens with zero attached hydrogens (tertiary/aromatic N) is 1. The van der Waals surface area contributed by atoms with Gasteiger partial charge in [-0.05, 0) is 73.7 Å². The molecule has 1 aliphatic heterocycles. The van der Waals surface area contributed by atoms with E-state index >= 15 is 0 Å². The zero-order valence-electron chi connectivity index (χ0n) is 31.9. The molecule has 0 aliphatic carbocycles. The van der Waals surface area contributed by atoms with E-state index in [0.29, 0.717) is 59.0 Å². The number of hydrogen-bond acceptors (Lipinski definition) is 11. The van der Waals surface area contributed by atoms with Crippen LogP contribution >= 0.6 is 0 Å². The van der Waals surface area contributed by atoms with E-state index in [1.54, 1.807) is 44.2 Å². The van der Waals surface area contributed by atoms with Crippen LogP contribution < -0.4 is 35.6 Å². The van der Waals surface area contributed by atoms with Crippen LogP contribution in [0.3, 0.4) is 0 Å². The fourth-order valence-corrected chi connectivity index (χ4v) is 5.89. The van der Waals surface area contributed by atoms with Gasteiger partial charge in [0.05, 0.1) is 26.9 Å². The van der Waals surface area contributed by atoms with E-state index in [0.717, 1.165) is 32.0 Å². The molecule has 0 radical (unpaired) electrons. The van der Waals surface area contributed by atoms with Crippen molar-refractivity contribution in [2.75, 3.05) is 43.3 Å². The lowest BCUT2D eigenvalue weighted by atomic mass is 10.1. The molecule has 0 saturated heterocycles. The molecule has 1 heterocycles. The zero-order valence-corrected chi connectivity index (χ0v) is 31.9. The van der Waals surface area contributed by atoms with Crippen molar-refractivity contribution < 1.29 is 43.3 Å². The second kappa shape index (κ2) is 21.8. The largest absolute Gasteiger partial charge is 0.493 e. The highest BCUT2D eigenvalue weighted by Crippen LogP contribution is 2.35. The summed E-state index contributed by atoms with van der Waals surface area (Å²) in [5.41, 5.74) is 5.13. The van der Waals surface area contributed by atoms with Gasteiger partial charge in [-0.3, -0.25) is 24.0 Å². The van der Waals surface area contributed by atoms with Crippen molar-refractivity contribution in [2.24, 2.45) is 0 Å². The molecular weight excluding hydrogens is 694 g/mol. The number of likely N-dealkylation sites (N-methyl/N-ethyl adjacent to an activating group) is 1. The predicted molar refractivity (Wildman–Crippen MR) is 207 cm³/mol. The molecule has 0 aromatic heterocycles. The van der Waals surface area contributed by atoms with Crippen molar-refractivity contribution >= 4 is 47.5 Å². The standard InChI is InChI=1S/C38H49N5O7.C2H4O2/c1-6-7-8-13-36(46)40-24(2)37(47)41-25(3)38(48)42-30-15-26(21-44)14-27(16-30)23-50-35-19-32(29(22-45)18-34(35)49-5)39-20-31-17-28-11-9-10-12-33(28)43(31)4;1-4-2-3/h9-12,14-16,18-19,22,24-25,31,39,44H,6-8,13,17,20-21,23H2,1-5H3,(H,40,46)(H,41,47)(H,42,48);2H,1H3/t24-,25?,31?;/m0./s1. The van der Waals surface area contributed by atoms with E-state index < -0.39 is 23.9 Å². The van der Waals surface area contributed by atoms with Gasteiger partial charge in [0.25, 0.3) is 6.47 Å². The normalized spacial score (nSPS) is 13.9. The van der Waals surface area contributed by atoms with Crippen molar-refractivity contribution in [2.45, 2.75) is 84.2 Å². The Morgan fingerprint density at radius 3 is 2.30 bits per heavy atom. The van der Waals surface area contributed by atoms with Crippen LogP contribution in [0.15, 0.2) is 54.6 Å². The monoisotopic (exact) mass is 747 g/mol. The van der Waals surface area contributed by atoms with Crippen molar-refractivity contribution in [1.29, 1.82) is 0 Å². The minimum atomic E-state index is -0.899. The highest BCUT2D eigenvalue weighted by Gasteiger charge is 2.26. The van der Waals surface area contributed by atoms with Gasteiger partial charge in [0, 0.05) is 48.7 Å². The van der Waals surface area contributed by atoms with E-state index in [4.69, 9.17) is 14.3 Å². The number of amides is 3. The van der Waals surface area contributed by atoms with Gasteiger partial charge in [-0.15, -0.1) is 0 Å². The Labute approximate surface area is 316 Å². The van der Waals surface area contributed by atoms with Crippen molar-refractivity contribution in [3.63, 3.8) is 0 Å². The molecule has 54 heavy (non-hydrogen) atoms. The quantitative estimate of drug-likeness (QED) is 0.0867. The molecule has 3 atom stereocenters. The number of anilines is 3. The molecule has 0 fully saturated rings. The molecule has 2 unspecified atom stereocenters. The third-order valence-electron chi connectivity index (χ3n) is 8.89. The summed E-state index contributed by atoms with van der Waals surface area (Å²) in [6.45, 7) is 5.94. The van der Waals surface area contributed by atoms with Crippen LogP contribution in [-0.4, -0.2) is 81.5 Å². The fraction of sp³-hybridized carbons (Fsp3) is 0.425. The number of ether oxygens (including phenoxy) is 3. The Bertz CT molecular complexity index is 1730. The Morgan fingerprint density at radius 1 is 0.944 bits per heavy atom. The number of carbonyl (C=O) groups is 5. The van der Waals surface area contributed by atoms with Crippen LogP contribution in [0.4, 0.5) is 17.1 Å². The van der Waals surface area contributed by atoms with Crippen LogP contribution in [0.2, 0.25) is 0 Å². The predicted octanol–water partition coefficient (Wildman–Crippen LogP) is 4.37. The number of aldehydes is 1. The molecule has 14 heteroatoms. The highest BCUT2D eigenvalue weighted by molar-refractivity contribution is 5.98. The summed E-state index contributed by atoms with van der Waals surface area (Å²) in [7, 11) is 4.87. The molecule has 3 aromatic rings. The van der Waals surface area contributed by atoms with Crippen molar-refractivity contribution in [3.8, 4) is 11.5 Å². The summed E-state index contributed by atoms with van der Waals surface area (Å²) in [5, 5.41) is 21.4. The number of fused-ring (bicyclic) bond motifs is 1. The maximum Gasteiger partial charge on any atom is 0.292 e. The number of rotatable bonds is 19. The zero-order chi connectivity index (χ0) is 39.6. The summed E-state index contributed by atoms with van der Waals surface area (Å²) in [6, 6.07) is 15.3. The smallest absolute Gasteiger partial charge is 0.292 e. The van der Waals surface area contributed by atoms with Crippen LogP contribution in [0, 0.1) is 0 Å². The van der Waals surface area contributed by atoms with Gasteiger partial charge in [0.2, 0.25) is 17.7 Å². The van der Waals surface area contributed by atoms with Gasteiger partial charge in [0.15, 0.2) is 17.8 Å². The SMILES string of the molecule is CCCCCC(=O)N[C@@H](C)C(=O)NC(C)C(=O)Nc1cc(CO)cc(COc2cc(NCC3Cc4ccccc4N3C)c(C=O)cc2OC)c1.COC=O. The Balaban J connectivity index is 0.00000186. The first-order valence-electron chi connectivity index (χ1n) is 17.9. The third-order valence-corrected chi connectivity index (χ3v) is 8.89. The second-order valence-electron chi connectivity index (χ2n) is 13.0. The van der Waals surface area contributed by atoms with E-state index in [2.05, 4.69) is 50.1 Å². The lowest BCUT2D eigenvalue weighted by molar-refractivity contribution is -0.130. The number of unbranched alkanes of at least 4 members (excludes halogenated alkanes) is 2. The molecule has 0 saturated carbocycles. The minimum Gasteiger partial charge on any atom is -0.493 e. The molecule has 0 bridgehead atoms. The van der Waals surface area contributed by atoms with E-state index in [9.17, 15) is 24.3 Å². The number of hydrogen-bond donors (Lipinski definition) is 5. The lowest BCUT2D eigenvalue weighted by Crippen LogP contribution is -2.50. The number of aliphatic hydroxyl groups is 1. The summed E-state index contributed by atoms with van der Waals surface area (Å²) in [4.78, 5) is 61.0. The molecule has 292 valence electrons. The number of aliphatic hydroxyl groups excluding tert-OH is 1. The van der Waals surface area contributed by atoms with Gasteiger partial charge < -0.3 is 45.5 Å². The maximum atomic E-state index is 13.0. The Kier molecular flexibility index (Phi) is 17.3. The topological polar surface area (TPSA) is 185 Å². The summed E-state index contributed by atoms with van der Waals surface area (Å²) in [6.07, 6.45) is 4.68. The van der Waals surface area contributed by atoms with Crippen LogP contribution in [0.1, 0.15) is 73.5 Å². The number of nitrogens with one attached hydrogen (secondary N) is 4. The average Bonchev–Trinajstić information content (AvgIpc) is 3.50. The van der Waals surface area contributed by atoms with Crippen molar-refractivity contribution in [3.05, 3.63) is 76.9 Å². The summed E-state index contributed by atoms with van der Waals surface area (Å²) >= 11 is 0. The molecule has 0 spiro atoms. The van der Waals surface area contributed by atoms with E-state index in [1.807, 2.05) is 19.1 Å². The number of carbonyl (C=O) groups excluding carboxylic acids is 5. The summed E-state index contributed by atoms with van der Waals surface area (Å²) < 4.78 is 15.6. The average molecular weight is 748 g/mol. The first kappa shape index (κ1) is 42.8. The first-order chi connectivity index (χ1) is 26.0. The second-order valence-corrected chi connectivity index (χ2v) is 13.0. The molecule has 1 aliphatic rings. The fourth-order valence-electron chi connectivity index (χ4n) is 5.89. The maximum absolute atomic E-state index is 13.0. The van der Waals surface area contributed by atoms with Crippen LogP contribution in [0.25, 0.3) is 0 Å². The Morgan fingerprint density at radius 2 is 1.65 bits per heavy atom. The van der Waals surface area contributed by atoms with Crippen LogP contribution in [0.5, 0.6) is 11.5 Å².